The highest BCUT2D eigenvalue weighted by Crippen LogP contribution is 2.15. The number of rotatable bonds is 3. The Labute approximate surface area is 74.7 Å². The van der Waals surface area contributed by atoms with Crippen LogP contribution in [-0.4, -0.2) is 19.0 Å². The van der Waals surface area contributed by atoms with Crippen molar-refractivity contribution in [1.29, 1.82) is 0 Å². The van der Waals surface area contributed by atoms with Crippen molar-refractivity contribution in [1.82, 2.24) is 5.32 Å². The molecule has 0 saturated carbocycles. The molecule has 5 heteroatoms. The quantitative estimate of drug-likeness (QED) is 0.731. The van der Waals surface area contributed by atoms with E-state index in [1.54, 1.807) is 0 Å². The molecule has 66 valence electrons. The Bertz CT molecular complexity index is 272. The van der Waals surface area contributed by atoms with Crippen molar-refractivity contribution in [3.8, 4) is 0 Å². The van der Waals surface area contributed by atoms with E-state index in [1.807, 2.05) is 0 Å². The number of nitrogens with one attached hydrogen (secondary N) is 1. The third-order valence-corrected chi connectivity index (χ3v) is 1.59. The van der Waals surface area contributed by atoms with E-state index >= 15 is 0 Å². The fourth-order valence-corrected chi connectivity index (χ4v) is 0.937. The first-order valence-corrected chi connectivity index (χ1v) is 3.84. The average Bonchev–Trinajstić information content (AvgIpc) is 2.47. The summed E-state index contributed by atoms with van der Waals surface area (Å²) in [7, 11) is 0. The zero-order valence-corrected chi connectivity index (χ0v) is 7.10. The van der Waals surface area contributed by atoms with Gasteiger partial charge in [-0.1, -0.05) is 0 Å². The molecule has 0 fully saturated rings. The summed E-state index contributed by atoms with van der Waals surface area (Å²) in [5, 5.41) is 2.67. The van der Waals surface area contributed by atoms with Crippen LogP contribution in [0.3, 0.4) is 0 Å². The van der Waals surface area contributed by atoms with Gasteiger partial charge < -0.3 is 15.5 Å². The Kier molecular flexibility index (Phi) is 3.13. The second kappa shape index (κ2) is 4.13. The zero-order valence-electron chi connectivity index (χ0n) is 6.34. The third kappa shape index (κ3) is 1.99. The van der Waals surface area contributed by atoms with Gasteiger partial charge in [0.05, 0.1) is 11.8 Å². The first-order valence-electron chi connectivity index (χ1n) is 3.47. The maximum Gasteiger partial charge on any atom is 0.256 e. The molecular weight excluding hydrogens is 180 g/mol. The van der Waals surface area contributed by atoms with Crippen LogP contribution in [0.1, 0.15) is 10.4 Å². The van der Waals surface area contributed by atoms with E-state index in [4.69, 9.17) is 21.8 Å². The van der Waals surface area contributed by atoms with Crippen molar-refractivity contribution in [2.24, 2.45) is 5.73 Å². The van der Waals surface area contributed by atoms with E-state index in [0.717, 1.165) is 0 Å². The summed E-state index contributed by atoms with van der Waals surface area (Å²) >= 11 is 5.55. The predicted molar refractivity (Wildman–Crippen MR) is 45.1 cm³/mol. The summed E-state index contributed by atoms with van der Waals surface area (Å²) < 4.78 is 4.74. The smallest absolute Gasteiger partial charge is 0.256 e. The molecule has 1 aromatic rings. The minimum absolute atomic E-state index is 0.101. The molecule has 4 nitrogen and oxygen atoms in total. The summed E-state index contributed by atoms with van der Waals surface area (Å²) in [5.41, 5.74) is 5.54. The Morgan fingerprint density at radius 3 is 3.00 bits per heavy atom. The molecule has 1 aromatic heterocycles. The van der Waals surface area contributed by atoms with E-state index < -0.39 is 0 Å². The van der Waals surface area contributed by atoms with Gasteiger partial charge in [-0.2, -0.15) is 0 Å². The Morgan fingerprint density at radius 1 is 1.75 bits per heavy atom. The SMILES string of the molecule is NCCNC(=O)c1ccoc1Cl. The fraction of sp³-hybridized carbons (Fsp3) is 0.286. The van der Waals surface area contributed by atoms with Gasteiger partial charge in [-0.3, -0.25) is 4.79 Å². The lowest BCUT2D eigenvalue weighted by Gasteiger charge is -1.99. The van der Waals surface area contributed by atoms with Crippen molar-refractivity contribution in [2.75, 3.05) is 13.1 Å². The van der Waals surface area contributed by atoms with Crippen LogP contribution in [0.4, 0.5) is 0 Å². The molecule has 0 atom stereocenters. The van der Waals surface area contributed by atoms with Gasteiger partial charge in [0, 0.05) is 13.1 Å². The van der Waals surface area contributed by atoms with Gasteiger partial charge in [0.2, 0.25) is 5.22 Å². The van der Waals surface area contributed by atoms with Gasteiger partial charge in [0.15, 0.2) is 0 Å². The molecule has 1 amide bonds. The van der Waals surface area contributed by atoms with Crippen LogP contribution in [0.25, 0.3) is 0 Å². The monoisotopic (exact) mass is 188 g/mol. The van der Waals surface area contributed by atoms with E-state index in [2.05, 4.69) is 5.32 Å². The number of carbonyl (C=O) groups excluding carboxylic acids is 1. The number of amides is 1. The number of halogens is 1. The second-order valence-corrected chi connectivity index (χ2v) is 2.50. The summed E-state index contributed by atoms with van der Waals surface area (Å²) in [4.78, 5) is 11.2. The minimum Gasteiger partial charge on any atom is -0.452 e. The molecule has 3 N–H and O–H groups in total. The molecule has 0 unspecified atom stereocenters. The number of carbonyl (C=O) groups is 1. The van der Waals surface area contributed by atoms with Crippen LogP contribution in [0.2, 0.25) is 5.22 Å². The highest BCUT2D eigenvalue weighted by atomic mass is 35.5. The van der Waals surface area contributed by atoms with Crippen LogP contribution >= 0.6 is 11.6 Å². The molecule has 0 bridgehead atoms. The Morgan fingerprint density at radius 2 is 2.50 bits per heavy atom. The Balaban J connectivity index is 2.59. The molecule has 1 heterocycles. The summed E-state index contributed by atoms with van der Waals surface area (Å²) in [6, 6.07) is 1.51. The topological polar surface area (TPSA) is 68.3 Å². The van der Waals surface area contributed by atoms with Crippen molar-refractivity contribution < 1.29 is 9.21 Å². The largest absolute Gasteiger partial charge is 0.452 e. The normalized spacial score (nSPS) is 9.83. The molecule has 0 spiro atoms. The van der Waals surface area contributed by atoms with E-state index in [1.165, 1.54) is 12.3 Å². The van der Waals surface area contributed by atoms with Crippen molar-refractivity contribution in [3.63, 3.8) is 0 Å². The molecule has 12 heavy (non-hydrogen) atoms. The predicted octanol–water partition coefficient (Wildman–Crippen LogP) is 0.622. The molecule has 1 rings (SSSR count). The lowest BCUT2D eigenvalue weighted by atomic mass is 10.3. The van der Waals surface area contributed by atoms with Crippen molar-refractivity contribution in [2.45, 2.75) is 0 Å². The lowest BCUT2D eigenvalue weighted by molar-refractivity contribution is 0.0954. The van der Waals surface area contributed by atoms with Gasteiger partial charge in [-0.25, -0.2) is 0 Å². The molecule has 0 radical (unpaired) electrons. The highest BCUT2D eigenvalue weighted by Gasteiger charge is 2.11. The molecular formula is C7H9ClN2O2. The summed E-state index contributed by atoms with van der Waals surface area (Å²) in [6.07, 6.45) is 1.36. The number of nitrogens with two attached hydrogens (primary N) is 1. The van der Waals surface area contributed by atoms with Crippen molar-refractivity contribution >= 4 is 17.5 Å². The average molecular weight is 189 g/mol. The molecule has 0 aliphatic carbocycles. The van der Waals surface area contributed by atoms with Crippen LogP contribution in [0.15, 0.2) is 16.7 Å². The molecule has 0 aliphatic heterocycles. The van der Waals surface area contributed by atoms with Crippen LogP contribution < -0.4 is 11.1 Å². The molecule has 0 saturated heterocycles. The molecule has 0 aromatic carbocycles. The number of furan rings is 1. The number of hydrogen-bond acceptors (Lipinski definition) is 3. The van der Waals surface area contributed by atoms with E-state index in [9.17, 15) is 4.79 Å². The Hall–Kier alpha value is -1.00. The zero-order chi connectivity index (χ0) is 8.97. The van der Waals surface area contributed by atoms with Gasteiger partial charge >= 0.3 is 0 Å². The van der Waals surface area contributed by atoms with Crippen LogP contribution in [0.5, 0.6) is 0 Å². The van der Waals surface area contributed by atoms with Crippen LogP contribution in [0, 0.1) is 0 Å². The van der Waals surface area contributed by atoms with Crippen molar-refractivity contribution in [3.05, 3.63) is 23.1 Å². The first kappa shape index (κ1) is 9.09. The van der Waals surface area contributed by atoms with E-state index in [0.29, 0.717) is 18.7 Å². The standard InChI is InChI=1S/C7H9ClN2O2/c8-6-5(1-4-12-6)7(11)10-3-2-9/h1,4H,2-3,9H2,(H,10,11). The highest BCUT2D eigenvalue weighted by molar-refractivity contribution is 6.32. The van der Waals surface area contributed by atoms with Gasteiger partial charge in [0.1, 0.15) is 0 Å². The number of hydrogen-bond donors (Lipinski definition) is 2. The van der Waals surface area contributed by atoms with Crippen LogP contribution in [-0.2, 0) is 0 Å². The maximum absolute atomic E-state index is 11.2. The third-order valence-electron chi connectivity index (χ3n) is 1.29. The van der Waals surface area contributed by atoms with Gasteiger partial charge in [-0.15, -0.1) is 0 Å². The molecule has 0 aliphatic rings. The van der Waals surface area contributed by atoms with Gasteiger partial charge in [0.25, 0.3) is 5.91 Å². The van der Waals surface area contributed by atoms with Gasteiger partial charge in [-0.05, 0) is 17.7 Å². The minimum atomic E-state index is -0.265. The van der Waals surface area contributed by atoms with E-state index in [-0.39, 0.29) is 11.1 Å². The summed E-state index contributed by atoms with van der Waals surface area (Å²) in [5.74, 6) is -0.265. The first-order chi connectivity index (χ1) is 5.75. The summed E-state index contributed by atoms with van der Waals surface area (Å²) in [6.45, 7) is 0.835. The second-order valence-electron chi connectivity index (χ2n) is 2.15. The fourth-order valence-electron chi connectivity index (χ4n) is 0.737. The lowest BCUT2D eigenvalue weighted by Crippen LogP contribution is -2.28. The maximum atomic E-state index is 11.2.